The molecule has 2 aromatic carbocycles. The molecule has 0 aliphatic rings. The van der Waals surface area contributed by atoms with Gasteiger partial charge in [-0.25, -0.2) is 0 Å². The second kappa shape index (κ2) is 8.09. The van der Waals surface area contributed by atoms with E-state index in [1.807, 2.05) is 42.8 Å². The number of hydrogen-bond donors (Lipinski definition) is 2. The fourth-order valence-corrected chi connectivity index (χ4v) is 3.28. The SMILES string of the molecule is Cc1ccccc1-c1nnc(SCC(=O)Nc2ccc(O)c([N+](=O)[O-])c2)n1C. The van der Waals surface area contributed by atoms with Gasteiger partial charge >= 0.3 is 5.69 Å². The van der Waals surface area contributed by atoms with Gasteiger partial charge in [-0.05, 0) is 24.6 Å². The minimum absolute atomic E-state index is 0.0500. The normalized spacial score (nSPS) is 10.6. The molecule has 1 heterocycles. The fourth-order valence-electron chi connectivity index (χ4n) is 2.57. The van der Waals surface area contributed by atoms with Gasteiger partial charge in [-0.1, -0.05) is 36.0 Å². The summed E-state index contributed by atoms with van der Waals surface area (Å²) in [5.41, 5.74) is 1.79. The number of anilines is 1. The van der Waals surface area contributed by atoms with Crippen LogP contribution in [0.2, 0.25) is 0 Å². The molecule has 0 spiro atoms. The number of rotatable bonds is 6. The van der Waals surface area contributed by atoms with Crippen molar-refractivity contribution < 1.29 is 14.8 Å². The van der Waals surface area contributed by atoms with Crippen molar-refractivity contribution in [1.82, 2.24) is 14.8 Å². The molecule has 0 atom stereocenters. The number of nitro groups is 1. The third-order valence-electron chi connectivity index (χ3n) is 4.01. The molecular weight excluding hydrogens is 382 g/mol. The van der Waals surface area contributed by atoms with Gasteiger partial charge in [0.1, 0.15) is 0 Å². The predicted octanol–water partition coefficient (Wildman–Crippen LogP) is 3.14. The Morgan fingerprint density at radius 3 is 2.75 bits per heavy atom. The third kappa shape index (κ3) is 4.12. The van der Waals surface area contributed by atoms with Crippen molar-refractivity contribution in [3.63, 3.8) is 0 Å². The molecule has 10 heteroatoms. The monoisotopic (exact) mass is 399 g/mol. The predicted molar refractivity (Wildman–Crippen MR) is 105 cm³/mol. The number of amides is 1. The average molecular weight is 399 g/mol. The highest BCUT2D eigenvalue weighted by Gasteiger charge is 2.16. The molecule has 2 N–H and O–H groups in total. The number of carbonyl (C=O) groups excluding carboxylic acids is 1. The lowest BCUT2D eigenvalue weighted by Crippen LogP contribution is -2.14. The van der Waals surface area contributed by atoms with E-state index < -0.39 is 16.4 Å². The van der Waals surface area contributed by atoms with Crippen LogP contribution in [0.25, 0.3) is 11.4 Å². The number of aryl methyl sites for hydroxylation is 1. The Bertz CT molecular complexity index is 1050. The minimum Gasteiger partial charge on any atom is -0.502 e. The molecule has 144 valence electrons. The van der Waals surface area contributed by atoms with Gasteiger partial charge in [0.2, 0.25) is 5.91 Å². The molecule has 1 aromatic heterocycles. The molecule has 3 rings (SSSR count). The summed E-state index contributed by atoms with van der Waals surface area (Å²) in [5, 5.41) is 31.8. The quantitative estimate of drug-likeness (QED) is 0.282. The van der Waals surface area contributed by atoms with Crippen LogP contribution in [0, 0.1) is 17.0 Å². The Morgan fingerprint density at radius 2 is 2.04 bits per heavy atom. The first kappa shape index (κ1) is 19.4. The van der Waals surface area contributed by atoms with Crippen molar-refractivity contribution in [2.45, 2.75) is 12.1 Å². The molecular formula is C18H17N5O4S. The smallest absolute Gasteiger partial charge is 0.312 e. The van der Waals surface area contributed by atoms with Crippen LogP contribution in [-0.2, 0) is 11.8 Å². The number of nitrogens with zero attached hydrogens (tertiary/aromatic N) is 4. The number of nitro benzene ring substituents is 1. The average Bonchev–Trinajstić information content (AvgIpc) is 3.02. The standard InChI is InChI=1S/C18H17N5O4S/c1-11-5-3-4-6-13(11)17-20-21-18(22(17)2)28-10-16(25)19-12-7-8-15(24)14(9-12)23(26)27/h3-9,24H,10H2,1-2H3,(H,19,25). The van der Waals surface area contributed by atoms with Gasteiger partial charge < -0.3 is 15.0 Å². The Kier molecular flexibility index (Phi) is 5.59. The van der Waals surface area contributed by atoms with E-state index in [0.29, 0.717) is 11.0 Å². The van der Waals surface area contributed by atoms with E-state index in [9.17, 15) is 20.0 Å². The van der Waals surface area contributed by atoms with Crippen molar-refractivity contribution in [3.8, 4) is 17.1 Å². The van der Waals surface area contributed by atoms with E-state index in [-0.39, 0.29) is 17.3 Å². The summed E-state index contributed by atoms with van der Waals surface area (Å²) >= 11 is 1.20. The second-order valence-electron chi connectivity index (χ2n) is 5.98. The summed E-state index contributed by atoms with van der Waals surface area (Å²) in [6.45, 7) is 1.99. The number of nitrogens with one attached hydrogen (secondary N) is 1. The van der Waals surface area contributed by atoms with Crippen LogP contribution in [0.3, 0.4) is 0 Å². The van der Waals surface area contributed by atoms with Crippen LogP contribution in [0.4, 0.5) is 11.4 Å². The Balaban J connectivity index is 1.67. The van der Waals surface area contributed by atoms with E-state index in [1.165, 1.54) is 17.8 Å². The summed E-state index contributed by atoms with van der Waals surface area (Å²) < 4.78 is 1.81. The number of phenolic OH excluding ortho intramolecular Hbond substituents is 1. The zero-order valence-electron chi connectivity index (χ0n) is 15.1. The maximum atomic E-state index is 12.2. The van der Waals surface area contributed by atoms with Crippen molar-refractivity contribution in [2.24, 2.45) is 7.05 Å². The molecule has 9 nitrogen and oxygen atoms in total. The molecule has 0 unspecified atom stereocenters. The highest BCUT2D eigenvalue weighted by molar-refractivity contribution is 7.99. The number of carbonyl (C=O) groups is 1. The topological polar surface area (TPSA) is 123 Å². The van der Waals surface area contributed by atoms with Crippen molar-refractivity contribution in [2.75, 3.05) is 11.1 Å². The lowest BCUT2D eigenvalue weighted by Gasteiger charge is -2.07. The van der Waals surface area contributed by atoms with Crippen molar-refractivity contribution >= 4 is 29.0 Å². The molecule has 0 saturated carbocycles. The number of phenols is 1. The minimum atomic E-state index is -0.716. The van der Waals surface area contributed by atoms with Gasteiger partial charge in [0.05, 0.1) is 10.7 Å². The van der Waals surface area contributed by atoms with Crippen LogP contribution in [0.15, 0.2) is 47.6 Å². The second-order valence-corrected chi connectivity index (χ2v) is 6.92. The maximum absolute atomic E-state index is 12.2. The van der Waals surface area contributed by atoms with Crippen LogP contribution < -0.4 is 5.32 Å². The number of hydrogen-bond acceptors (Lipinski definition) is 7. The van der Waals surface area contributed by atoms with Crippen LogP contribution in [-0.4, -0.2) is 36.5 Å². The molecule has 0 aliphatic heterocycles. The van der Waals surface area contributed by atoms with Gasteiger partial charge in [-0.15, -0.1) is 10.2 Å². The summed E-state index contributed by atoms with van der Waals surface area (Å²) in [6, 6.07) is 11.5. The molecule has 3 aromatic rings. The zero-order valence-corrected chi connectivity index (χ0v) is 15.9. The van der Waals surface area contributed by atoms with E-state index in [0.717, 1.165) is 23.3 Å². The van der Waals surface area contributed by atoms with Gasteiger partial charge in [-0.3, -0.25) is 14.9 Å². The molecule has 0 radical (unpaired) electrons. The van der Waals surface area contributed by atoms with Gasteiger partial charge in [0, 0.05) is 24.4 Å². The number of benzene rings is 2. The first-order valence-corrected chi connectivity index (χ1v) is 9.21. The summed E-state index contributed by atoms with van der Waals surface area (Å²) in [6.07, 6.45) is 0. The third-order valence-corrected chi connectivity index (χ3v) is 5.03. The summed E-state index contributed by atoms with van der Waals surface area (Å²) in [5.74, 6) is -0.0604. The van der Waals surface area contributed by atoms with E-state index in [4.69, 9.17) is 0 Å². The van der Waals surface area contributed by atoms with Crippen LogP contribution in [0.5, 0.6) is 5.75 Å². The Morgan fingerprint density at radius 1 is 1.29 bits per heavy atom. The molecule has 0 fully saturated rings. The highest BCUT2D eigenvalue weighted by Crippen LogP contribution is 2.29. The summed E-state index contributed by atoms with van der Waals surface area (Å²) in [4.78, 5) is 22.3. The fraction of sp³-hybridized carbons (Fsp3) is 0.167. The molecule has 1 amide bonds. The Hall–Kier alpha value is -3.40. The molecule has 0 saturated heterocycles. The van der Waals surface area contributed by atoms with E-state index >= 15 is 0 Å². The van der Waals surface area contributed by atoms with E-state index in [1.54, 1.807) is 0 Å². The van der Waals surface area contributed by atoms with Gasteiger partial charge in [0.25, 0.3) is 0 Å². The first-order chi connectivity index (χ1) is 13.4. The largest absolute Gasteiger partial charge is 0.502 e. The molecule has 28 heavy (non-hydrogen) atoms. The Labute approximate surface area is 164 Å². The number of aromatic nitrogens is 3. The van der Waals surface area contributed by atoms with Crippen molar-refractivity contribution in [1.29, 1.82) is 0 Å². The maximum Gasteiger partial charge on any atom is 0.312 e. The van der Waals surface area contributed by atoms with Crippen molar-refractivity contribution in [3.05, 3.63) is 58.1 Å². The molecule has 0 aliphatic carbocycles. The molecule has 0 bridgehead atoms. The highest BCUT2D eigenvalue weighted by atomic mass is 32.2. The number of aromatic hydroxyl groups is 1. The van der Waals surface area contributed by atoms with Gasteiger partial charge in [0.15, 0.2) is 16.7 Å². The number of thioether (sulfide) groups is 1. The van der Waals surface area contributed by atoms with Crippen LogP contribution in [0.1, 0.15) is 5.56 Å². The zero-order chi connectivity index (χ0) is 20.3. The summed E-state index contributed by atoms with van der Waals surface area (Å²) in [7, 11) is 1.82. The van der Waals surface area contributed by atoms with Gasteiger partial charge in [-0.2, -0.15) is 0 Å². The lowest BCUT2D eigenvalue weighted by atomic mass is 10.1. The lowest BCUT2D eigenvalue weighted by molar-refractivity contribution is -0.385. The van der Waals surface area contributed by atoms with E-state index in [2.05, 4.69) is 15.5 Å². The van der Waals surface area contributed by atoms with Crippen LogP contribution >= 0.6 is 11.8 Å². The first-order valence-electron chi connectivity index (χ1n) is 8.22.